The number of para-hydroxylation sites is 1. The van der Waals surface area contributed by atoms with Gasteiger partial charge in [-0.25, -0.2) is 8.96 Å². The number of hydrogen-bond acceptors (Lipinski definition) is 2. The predicted octanol–water partition coefficient (Wildman–Crippen LogP) is 6.52. The average molecular weight is 452 g/mol. The first-order valence-electron chi connectivity index (χ1n) is 10.9. The van der Waals surface area contributed by atoms with E-state index in [1.165, 1.54) is 18.2 Å². The summed E-state index contributed by atoms with van der Waals surface area (Å²) in [5.41, 5.74) is 4.98. The molecule has 3 aromatic heterocycles. The molecule has 0 atom stereocenters. The Kier molecular flexibility index (Phi) is 4.55. The van der Waals surface area contributed by atoms with Crippen LogP contribution in [0.25, 0.3) is 50.3 Å². The molecule has 0 unspecified atom stereocenters. The summed E-state index contributed by atoms with van der Waals surface area (Å²) in [5, 5.41) is 0.743. The Morgan fingerprint density at radius 1 is 0.941 bits per heavy atom. The number of benzene rings is 3. The smallest absolute Gasteiger partial charge is 0.297 e. The Hall–Kier alpha value is -4.32. The van der Waals surface area contributed by atoms with Crippen molar-refractivity contribution in [1.82, 2.24) is 9.55 Å². The third-order valence-corrected chi connectivity index (χ3v) is 6.20. The van der Waals surface area contributed by atoms with E-state index in [0.717, 1.165) is 28.2 Å². The van der Waals surface area contributed by atoms with Crippen LogP contribution in [-0.4, -0.2) is 9.55 Å². The van der Waals surface area contributed by atoms with Gasteiger partial charge in [0, 0.05) is 5.56 Å². The Morgan fingerprint density at radius 3 is 2.53 bits per heavy atom. The van der Waals surface area contributed by atoms with E-state index in [4.69, 9.17) is 4.42 Å². The molecule has 6 rings (SSSR count). The van der Waals surface area contributed by atoms with Gasteiger partial charge in [0.15, 0.2) is 5.58 Å². The zero-order valence-corrected chi connectivity index (χ0v) is 18.6. The van der Waals surface area contributed by atoms with Gasteiger partial charge in [-0.15, -0.1) is 0 Å². The summed E-state index contributed by atoms with van der Waals surface area (Å²) in [6.07, 6.45) is 3.93. The number of nitrogens with zero attached hydrogens (tertiary/aromatic N) is 3. The first-order valence-corrected chi connectivity index (χ1v) is 10.9. The fraction of sp³-hybridized carbons (Fsp3) is 0.0714. The van der Waals surface area contributed by atoms with Gasteiger partial charge in [-0.05, 0) is 42.3 Å². The van der Waals surface area contributed by atoms with Crippen LogP contribution < -0.4 is 4.57 Å². The highest BCUT2D eigenvalue weighted by atomic mass is 19.1. The predicted molar refractivity (Wildman–Crippen MR) is 128 cm³/mol. The number of rotatable bonds is 3. The SMILES string of the molecule is Cc1cc(F)c2c(oc3nc(F)ccc32)c1-c1n(-c2ccccc2-c2ccccc2)cc[n+]1C. The van der Waals surface area contributed by atoms with Crippen molar-refractivity contribution in [3.8, 4) is 28.2 Å². The summed E-state index contributed by atoms with van der Waals surface area (Å²) in [6, 6.07) is 22.5. The van der Waals surface area contributed by atoms with Gasteiger partial charge in [0.05, 0.1) is 17.8 Å². The van der Waals surface area contributed by atoms with E-state index in [9.17, 15) is 4.39 Å². The Labute approximate surface area is 194 Å². The van der Waals surface area contributed by atoms with Crippen molar-refractivity contribution in [1.29, 1.82) is 0 Å². The van der Waals surface area contributed by atoms with Gasteiger partial charge in [-0.2, -0.15) is 13.9 Å². The lowest BCUT2D eigenvalue weighted by Gasteiger charge is -2.11. The van der Waals surface area contributed by atoms with Crippen molar-refractivity contribution in [2.45, 2.75) is 6.92 Å². The van der Waals surface area contributed by atoms with Crippen molar-refractivity contribution in [2.75, 3.05) is 0 Å². The number of hydrogen-bond donors (Lipinski definition) is 0. The molecule has 0 aliphatic heterocycles. The van der Waals surface area contributed by atoms with E-state index in [1.54, 1.807) is 0 Å². The lowest BCUT2D eigenvalue weighted by molar-refractivity contribution is -0.659. The largest absolute Gasteiger partial charge is 0.437 e. The highest BCUT2D eigenvalue weighted by Gasteiger charge is 2.29. The summed E-state index contributed by atoms with van der Waals surface area (Å²) in [7, 11) is 1.94. The first kappa shape index (κ1) is 20.3. The van der Waals surface area contributed by atoms with Crippen LogP contribution in [-0.2, 0) is 7.05 Å². The molecule has 0 radical (unpaired) electrons. The lowest BCUT2D eigenvalue weighted by atomic mass is 10.0. The third kappa shape index (κ3) is 3.03. The zero-order chi connectivity index (χ0) is 23.4. The minimum absolute atomic E-state index is 0.0752. The summed E-state index contributed by atoms with van der Waals surface area (Å²) < 4.78 is 39.0. The summed E-state index contributed by atoms with van der Waals surface area (Å²) in [4.78, 5) is 3.85. The van der Waals surface area contributed by atoms with Crippen LogP contribution in [0, 0.1) is 18.7 Å². The molecule has 3 aromatic carbocycles. The minimum atomic E-state index is -0.670. The zero-order valence-electron chi connectivity index (χ0n) is 18.6. The molecule has 0 fully saturated rings. The maximum atomic E-state index is 15.1. The molecule has 6 aromatic rings. The minimum Gasteiger partial charge on any atom is -0.437 e. The van der Waals surface area contributed by atoms with Gasteiger partial charge in [-0.3, -0.25) is 0 Å². The molecule has 0 spiro atoms. The fourth-order valence-corrected chi connectivity index (χ4v) is 4.68. The van der Waals surface area contributed by atoms with Gasteiger partial charge in [0.25, 0.3) is 5.82 Å². The normalized spacial score (nSPS) is 11.5. The Morgan fingerprint density at radius 2 is 1.71 bits per heavy atom. The van der Waals surface area contributed by atoms with Crippen LogP contribution >= 0.6 is 0 Å². The van der Waals surface area contributed by atoms with Gasteiger partial charge in [-0.1, -0.05) is 48.5 Å². The molecule has 34 heavy (non-hydrogen) atoms. The van der Waals surface area contributed by atoms with E-state index >= 15 is 4.39 Å². The molecule has 0 saturated carbocycles. The number of fused-ring (bicyclic) bond motifs is 3. The molecule has 0 N–H and O–H groups in total. The Balaban J connectivity index is 1.68. The number of aromatic nitrogens is 3. The second-order valence-corrected chi connectivity index (χ2v) is 8.33. The standard InChI is InChI=1S/C28H20F2N3O/c1-17-16-21(29)25-20-12-13-23(30)31-27(20)34-26(25)24(17)28-32(2)14-15-33(28)22-11-7-6-10-19(22)18-8-4-3-5-9-18/h3-16H,1-2H3/q+1. The second kappa shape index (κ2) is 7.63. The van der Waals surface area contributed by atoms with Gasteiger partial charge in [0.2, 0.25) is 11.7 Å². The third-order valence-electron chi connectivity index (χ3n) is 6.20. The quantitative estimate of drug-likeness (QED) is 0.226. The van der Waals surface area contributed by atoms with Crippen molar-refractivity contribution < 1.29 is 17.8 Å². The summed E-state index contributed by atoms with van der Waals surface area (Å²) in [6.45, 7) is 1.85. The molecule has 3 heterocycles. The molecule has 0 bridgehead atoms. The maximum absolute atomic E-state index is 15.1. The monoisotopic (exact) mass is 452 g/mol. The second-order valence-electron chi connectivity index (χ2n) is 8.33. The van der Waals surface area contributed by atoms with E-state index in [1.807, 2.05) is 61.3 Å². The van der Waals surface area contributed by atoms with Crippen LogP contribution in [0.4, 0.5) is 8.78 Å². The molecule has 6 heteroatoms. The molecular weight excluding hydrogens is 432 g/mol. The van der Waals surface area contributed by atoms with Crippen LogP contribution in [0.2, 0.25) is 0 Å². The average Bonchev–Trinajstić information content (AvgIpc) is 3.40. The van der Waals surface area contributed by atoms with Gasteiger partial charge >= 0.3 is 0 Å². The molecular formula is C28H20F2N3O+. The lowest BCUT2D eigenvalue weighted by Crippen LogP contribution is -2.29. The summed E-state index contributed by atoms with van der Waals surface area (Å²) in [5.74, 6) is -0.282. The van der Waals surface area contributed by atoms with Gasteiger partial charge in [0.1, 0.15) is 29.5 Å². The van der Waals surface area contributed by atoms with Crippen molar-refractivity contribution >= 4 is 22.1 Å². The summed E-state index contributed by atoms with van der Waals surface area (Å²) >= 11 is 0. The molecule has 0 saturated heterocycles. The number of pyridine rings is 1. The van der Waals surface area contributed by atoms with E-state index in [-0.39, 0.29) is 5.71 Å². The first-order chi connectivity index (χ1) is 16.5. The van der Waals surface area contributed by atoms with Crippen molar-refractivity contribution in [3.05, 3.63) is 103 Å². The van der Waals surface area contributed by atoms with E-state index < -0.39 is 11.8 Å². The number of imidazole rings is 1. The molecule has 166 valence electrons. The highest BCUT2D eigenvalue weighted by Crippen LogP contribution is 2.39. The van der Waals surface area contributed by atoms with Gasteiger partial charge < -0.3 is 4.42 Å². The number of aryl methyl sites for hydroxylation is 2. The van der Waals surface area contributed by atoms with Crippen LogP contribution in [0.5, 0.6) is 0 Å². The Bertz CT molecular complexity index is 1700. The number of halogens is 2. The molecule has 0 aliphatic rings. The maximum Gasteiger partial charge on any atom is 0.297 e. The van der Waals surface area contributed by atoms with E-state index in [0.29, 0.717) is 21.9 Å². The highest BCUT2D eigenvalue weighted by molar-refractivity contribution is 6.09. The molecule has 0 amide bonds. The van der Waals surface area contributed by atoms with Crippen LogP contribution in [0.1, 0.15) is 5.56 Å². The van der Waals surface area contributed by atoms with Crippen LogP contribution in [0.3, 0.4) is 0 Å². The number of furan rings is 1. The van der Waals surface area contributed by atoms with Crippen molar-refractivity contribution in [2.24, 2.45) is 7.05 Å². The molecule has 0 aliphatic carbocycles. The van der Waals surface area contributed by atoms with E-state index in [2.05, 4.69) is 33.8 Å². The fourth-order valence-electron chi connectivity index (χ4n) is 4.68. The van der Waals surface area contributed by atoms with Crippen LogP contribution in [0.15, 0.2) is 89.6 Å². The van der Waals surface area contributed by atoms with Crippen molar-refractivity contribution in [3.63, 3.8) is 0 Å². The molecule has 4 nitrogen and oxygen atoms in total. The topological polar surface area (TPSA) is 34.8 Å².